The third-order valence-corrected chi connectivity index (χ3v) is 12.0. The van der Waals surface area contributed by atoms with Crippen LogP contribution in [0.25, 0.3) is 66.6 Å². The van der Waals surface area contributed by atoms with E-state index in [0.717, 1.165) is 123 Å². The monoisotopic (exact) mass is 1060 g/mol. The van der Waals surface area contributed by atoms with Crippen molar-refractivity contribution < 1.29 is 66.5 Å². The Balaban J connectivity index is 0.00000363. The number of nitrogens with zero attached hydrogens (tertiary/aromatic N) is 4. The van der Waals surface area contributed by atoms with E-state index in [-0.39, 0.29) is 59.8 Å². The van der Waals surface area contributed by atoms with Crippen LogP contribution in [0.3, 0.4) is 0 Å². The van der Waals surface area contributed by atoms with Crippen molar-refractivity contribution >= 4 is 67.5 Å². The van der Waals surface area contributed by atoms with Crippen LogP contribution < -0.4 is 58.6 Å². The van der Waals surface area contributed by atoms with E-state index in [1.165, 1.54) is 0 Å². The van der Waals surface area contributed by atoms with Crippen LogP contribution in [0.5, 0.6) is 0 Å². The van der Waals surface area contributed by atoms with Gasteiger partial charge in [-0.05, 0) is 124 Å². The van der Waals surface area contributed by atoms with Crippen LogP contribution >= 0.6 is 0 Å². The minimum absolute atomic E-state index is 0. The molecular formula is C50H60I2N8O2. The fourth-order valence-corrected chi connectivity index (χ4v) is 8.19. The summed E-state index contributed by atoms with van der Waals surface area (Å²) in [6, 6.07) is 20.3. The third kappa shape index (κ3) is 9.48. The van der Waals surface area contributed by atoms with E-state index in [4.69, 9.17) is 9.97 Å². The minimum Gasteiger partial charge on any atom is -1.00 e. The van der Waals surface area contributed by atoms with Gasteiger partial charge in [0, 0.05) is 44.7 Å². The van der Waals surface area contributed by atoms with Gasteiger partial charge in [-0.2, -0.15) is 0 Å². The zero-order valence-electron chi connectivity index (χ0n) is 38.5. The number of H-pyrrole nitrogens is 2. The molecule has 5 heterocycles. The molecule has 10 nitrogen and oxygen atoms in total. The highest BCUT2D eigenvalue weighted by Gasteiger charge is 2.27. The fourth-order valence-electron chi connectivity index (χ4n) is 8.19. The summed E-state index contributed by atoms with van der Waals surface area (Å²) in [7, 11) is 12.1. The van der Waals surface area contributed by atoms with Crippen LogP contribution in [0.1, 0.15) is 72.7 Å². The predicted molar refractivity (Wildman–Crippen MR) is 250 cm³/mol. The number of benzene rings is 2. The number of carbonyl (C=O) groups excluding carboxylic acids is 2. The molecule has 0 spiro atoms. The molecular weight excluding hydrogens is 998 g/mol. The zero-order chi connectivity index (χ0) is 43.6. The summed E-state index contributed by atoms with van der Waals surface area (Å²) in [5.74, 6) is -0.116. The number of hydrogen-bond donors (Lipinski definition) is 4. The van der Waals surface area contributed by atoms with Crippen LogP contribution in [0.15, 0.2) is 60.7 Å². The molecule has 0 saturated carbocycles. The van der Waals surface area contributed by atoms with Gasteiger partial charge in [-0.15, -0.1) is 0 Å². The Hall–Kier alpha value is -4.64. The van der Waals surface area contributed by atoms with E-state index in [2.05, 4.69) is 100 Å². The Morgan fingerprint density at radius 2 is 0.855 bits per heavy atom. The molecule has 0 aliphatic carbocycles. The van der Waals surface area contributed by atoms with Gasteiger partial charge in [-0.3, -0.25) is 9.59 Å². The van der Waals surface area contributed by atoms with E-state index in [9.17, 15) is 9.59 Å². The minimum atomic E-state index is -0.0581. The predicted octanol–water partition coefficient (Wildman–Crippen LogP) is 4.08. The molecule has 5 aromatic rings. The SMILES string of the molecule is CC1=C(C)c2nc1cc1[nH]c(c(C)c1C)c(-c1ccccc1NC(=O)C[N+](C)(C)C)c1nc(cc3[nH]c(c(C)c3C)c2-c2ccccc2NC(=O)C[N+](C)(C)C)C(C)=C1C.[I-].[I-]. The molecule has 2 aliphatic rings. The highest BCUT2D eigenvalue weighted by Crippen LogP contribution is 2.44. The quantitative estimate of drug-likeness (QED) is 0.139. The van der Waals surface area contributed by atoms with Crippen LogP contribution in [0.4, 0.5) is 11.4 Å². The molecule has 0 atom stereocenters. The molecule has 12 heteroatoms. The highest BCUT2D eigenvalue weighted by molar-refractivity contribution is 6.07. The first-order valence-electron chi connectivity index (χ1n) is 20.6. The maximum Gasteiger partial charge on any atom is 0.279 e. The number of allylic oxidation sites excluding steroid dienone is 4. The number of aryl methyl sites for hydroxylation is 4. The number of rotatable bonds is 8. The number of aromatic nitrogens is 4. The number of halogens is 2. The molecule has 62 heavy (non-hydrogen) atoms. The smallest absolute Gasteiger partial charge is 0.279 e. The number of anilines is 2. The van der Waals surface area contributed by atoms with Crippen molar-refractivity contribution in [2.24, 2.45) is 0 Å². The average Bonchev–Trinajstić information content (AvgIpc) is 3.79. The lowest BCUT2D eigenvalue weighted by Crippen LogP contribution is -3.00. The van der Waals surface area contributed by atoms with Gasteiger partial charge >= 0.3 is 0 Å². The lowest BCUT2D eigenvalue weighted by Gasteiger charge is -2.23. The molecule has 4 N–H and O–H groups in total. The van der Waals surface area contributed by atoms with Gasteiger partial charge in [0.1, 0.15) is 0 Å². The molecule has 326 valence electrons. The number of nitrogens with one attached hydrogen (secondary N) is 4. The fraction of sp³-hybridized carbons (Fsp3) is 0.320. The summed E-state index contributed by atoms with van der Waals surface area (Å²) in [5, 5.41) is 6.50. The van der Waals surface area contributed by atoms with E-state index < -0.39 is 0 Å². The maximum atomic E-state index is 13.5. The van der Waals surface area contributed by atoms with Crippen molar-refractivity contribution in [1.29, 1.82) is 0 Å². The number of para-hydroxylation sites is 2. The van der Waals surface area contributed by atoms with E-state index in [1.54, 1.807) is 0 Å². The van der Waals surface area contributed by atoms with Crippen molar-refractivity contribution in [2.75, 3.05) is 66.0 Å². The number of likely N-dealkylation sites (N-methyl/N-ethyl adjacent to an activating group) is 2. The van der Waals surface area contributed by atoms with Gasteiger partial charge in [0.15, 0.2) is 13.1 Å². The Kier molecular flexibility index (Phi) is 14.2. The molecule has 3 aromatic heterocycles. The average molecular weight is 1060 g/mol. The highest BCUT2D eigenvalue weighted by atomic mass is 127. The Morgan fingerprint density at radius 3 is 1.19 bits per heavy atom. The molecule has 7 rings (SSSR count). The summed E-state index contributed by atoms with van der Waals surface area (Å²) in [6.07, 6.45) is 0. The molecule has 0 fully saturated rings. The number of hydrogen-bond acceptors (Lipinski definition) is 4. The van der Waals surface area contributed by atoms with Crippen LogP contribution in [-0.2, 0) is 9.59 Å². The first kappa shape index (κ1) is 48.4. The number of aromatic amines is 2. The van der Waals surface area contributed by atoms with Gasteiger partial charge < -0.3 is 77.5 Å². The van der Waals surface area contributed by atoms with E-state index >= 15 is 0 Å². The van der Waals surface area contributed by atoms with Crippen molar-refractivity contribution in [3.63, 3.8) is 0 Å². The Morgan fingerprint density at radius 1 is 0.516 bits per heavy atom. The van der Waals surface area contributed by atoms with Crippen molar-refractivity contribution in [1.82, 2.24) is 19.9 Å². The van der Waals surface area contributed by atoms with E-state index in [1.807, 2.05) is 78.7 Å². The molecule has 0 saturated heterocycles. The molecule has 2 aromatic carbocycles. The lowest BCUT2D eigenvalue weighted by atomic mass is 9.95. The summed E-state index contributed by atoms with van der Waals surface area (Å²) >= 11 is 0. The summed E-state index contributed by atoms with van der Waals surface area (Å²) < 4.78 is 1.02. The second-order valence-corrected chi connectivity index (χ2v) is 18.6. The molecule has 2 amide bonds. The van der Waals surface area contributed by atoms with Crippen molar-refractivity contribution in [3.8, 4) is 22.3 Å². The van der Waals surface area contributed by atoms with Crippen molar-refractivity contribution in [3.05, 3.63) is 106 Å². The summed E-state index contributed by atoms with van der Waals surface area (Å²) in [6.45, 7) is 17.8. The lowest BCUT2D eigenvalue weighted by molar-refractivity contribution is -0.861. The van der Waals surface area contributed by atoms with E-state index in [0.29, 0.717) is 22.1 Å². The van der Waals surface area contributed by atoms with Crippen LogP contribution in [0.2, 0.25) is 0 Å². The van der Waals surface area contributed by atoms with Crippen molar-refractivity contribution in [2.45, 2.75) is 55.4 Å². The first-order valence-corrected chi connectivity index (χ1v) is 20.6. The number of carbonyl (C=O) groups is 2. The first-order chi connectivity index (χ1) is 28.1. The second-order valence-electron chi connectivity index (χ2n) is 18.6. The normalized spacial score (nSPS) is 12.9. The van der Waals surface area contributed by atoms with Gasteiger partial charge in [0.25, 0.3) is 11.8 Å². The summed E-state index contributed by atoms with van der Waals surface area (Å²) in [5.41, 5.74) is 20.9. The van der Waals surface area contributed by atoms with Gasteiger partial charge in [-0.1, -0.05) is 36.4 Å². The second kappa shape index (κ2) is 18.2. The van der Waals surface area contributed by atoms with Gasteiger partial charge in [0.05, 0.1) is 76.1 Å². The third-order valence-electron chi connectivity index (χ3n) is 12.0. The largest absolute Gasteiger partial charge is 1.00 e. The van der Waals surface area contributed by atoms with Crippen LogP contribution in [0, 0.1) is 27.7 Å². The van der Waals surface area contributed by atoms with Crippen LogP contribution in [-0.4, -0.2) is 96.1 Å². The molecule has 2 aliphatic heterocycles. The standard InChI is InChI=1S/C50H58N8O2.2HI/c1-27-31(5)47-45(35-19-15-17-21-37(35)51-43(59)25-57(9,10)11)48-33(7)29(3)41(55-48)24-42-30(4)34(8)50(56-42)46(49-32(6)28(2)40(54-49)23-39(27)53-47)36-20-16-18-22-38(36)52-44(60)26-58(12,13)14;;/h15-24H,25-26H2,1-14H3,(H2-2,51,52,53,54,55,56,59,60);2*1H. The van der Waals surface area contributed by atoms with Gasteiger partial charge in [-0.25, -0.2) is 9.97 Å². The number of quaternary nitrogens is 2. The Labute approximate surface area is 400 Å². The topological polar surface area (TPSA) is 116 Å². The Bertz CT molecular complexity index is 2670. The molecule has 0 unspecified atom stereocenters. The molecule has 8 bridgehead atoms. The molecule has 0 radical (unpaired) electrons. The number of fused-ring (bicyclic) bond motifs is 8. The number of amides is 2. The maximum absolute atomic E-state index is 13.5. The summed E-state index contributed by atoms with van der Waals surface area (Å²) in [4.78, 5) is 45.5. The zero-order valence-corrected chi connectivity index (χ0v) is 42.9. The van der Waals surface area contributed by atoms with Gasteiger partial charge in [0.2, 0.25) is 0 Å².